The quantitative estimate of drug-likeness (QED) is 0.700. The van der Waals surface area contributed by atoms with Crippen LogP contribution >= 0.6 is 0 Å². The molecule has 0 radical (unpaired) electrons. The van der Waals surface area contributed by atoms with Crippen molar-refractivity contribution in [2.45, 2.75) is 45.1 Å². The molecule has 2 rings (SSSR count). The van der Waals surface area contributed by atoms with E-state index in [4.69, 9.17) is 4.74 Å². The minimum Gasteiger partial charge on any atom is -0.501 e. The van der Waals surface area contributed by atoms with Gasteiger partial charge in [-0.2, -0.15) is 0 Å². The lowest BCUT2D eigenvalue weighted by Crippen LogP contribution is -2.16. The van der Waals surface area contributed by atoms with Crippen molar-refractivity contribution in [3.8, 4) is 0 Å². The van der Waals surface area contributed by atoms with Crippen molar-refractivity contribution in [2.24, 2.45) is 0 Å². The highest BCUT2D eigenvalue weighted by molar-refractivity contribution is 5.28. The molecule has 1 aliphatic heterocycles. The summed E-state index contributed by atoms with van der Waals surface area (Å²) in [4.78, 5) is 0. The normalized spacial score (nSPS) is 22.2. The molecule has 1 saturated carbocycles. The molecule has 0 aromatic heterocycles. The maximum atomic E-state index is 5.34. The van der Waals surface area contributed by atoms with E-state index in [0.29, 0.717) is 0 Å². The molecular formula is C13H21NO. The van der Waals surface area contributed by atoms with Crippen LogP contribution in [0.4, 0.5) is 0 Å². The second-order valence-corrected chi connectivity index (χ2v) is 4.52. The molecule has 2 nitrogen and oxygen atoms in total. The van der Waals surface area contributed by atoms with Crippen LogP contribution < -0.4 is 5.32 Å². The van der Waals surface area contributed by atoms with Crippen LogP contribution in [0.2, 0.25) is 0 Å². The van der Waals surface area contributed by atoms with Gasteiger partial charge in [-0.15, -0.1) is 0 Å². The third-order valence-electron chi connectivity index (χ3n) is 3.05. The Morgan fingerprint density at radius 3 is 3.13 bits per heavy atom. The minimum atomic E-state index is 0.830. The van der Waals surface area contributed by atoms with Crippen LogP contribution in [0.25, 0.3) is 0 Å². The summed E-state index contributed by atoms with van der Waals surface area (Å²) in [7, 11) is 0. The molecule has 0 bridgehead atoms. The monoisotopic (exact) mass is 207 g/mol. The molecule has 2 aliphatic rings. The number of rotatable bonds is 5. The molecule has 0 spiro atoms. The van der Waals surface area contributed by atoms with Gasteiger partial charge in [-0.3, -0.25) is 0 Å². The molecule has 1 fully saturated rings. The van der Waals surface area contributed by atoms with Gasteiger partial charge in [-0.25, -0.2) is 0 Å². The largest absolute Gasteiger partial charge is 0.501 e. The number of hydrogen-bond donors (Lipinski definition) is 1. The molecule has 1 heterocycles. The first-order valence-corrected chi connectivity index (χ1v) is 6.07. The van der Waals surface area contributed by atoms with Crippen molar-refractivity contribution in [3.63, 3.8) is 0 Å². The summed E-state index contributed by atoms with van der Waals surface area (Å²) in [5, 5.41) is 3.52. The number of ether oxygens (including phenoxy) is 1. The third-order valence-corrected chi connectivity index (χ3v) is 3.05. The molecule has 1 aliphatic carbocycles. The molecule has 0 saturated heterocycles. The molecule has 1 N–H and O–H groups in total. The van der Waals surface area contributed by atoms with E-state index in [1.807, 2.05) is 6.26 Å². The molecule has 0 amide bonds. The highest BCUT2D eigenvalue weighted by Gasteiger charge is 2.19. The second kappa shape index (κ2) is 5.36. The van der Waals surface area contributed by atoms with E-state index in [1.54, 1.807) is 0 Å². The van der Waals surface area contributed by atoms with Crippen LogP contribution in [0.15, 0.2) is 23.5 Å². The molecule has 0 unspecified atom stereocenters. The maximum Gasteiger partial charge on any atom is 0.0876 e. The summed E-state index contributed by atoms with van der Waals surface area (Å²) in [6, 6.07) is 0.830. The highest BCUT2D eigenvalue weighted by atomic mass is 16.5. The predicted molar refractivity (Wildman–Crippen MR) is 62.7 cm³/mol. The standard InChI is InChI=1S/C13H21NO/c1-11(12-5-3-9-15-10-12)4-2-8-14-13-6-7-13/h4,10,13-14H,2-3,5-9H2,1H3. The molecule has 15 heavy (non-hydrogen) atoms. The van der Waals surface area contributed by atoms with Crippen molar-refractivity contribution in [2.75, 3.05) is 13.2 Å². The first-order chi connectivity index (χ1) is 7.36. The van der Waals surface area contributed by atoms with Gasteiger partial charge in [0, 0.05) is 6.04 Å². The molecule has 0 aromatic carbocycles. The molecule has 0 atom stereocenters. The number of hydrogen-bond acceptors (Lipinski definition) is 2. The fourth-order valence-corrected chi connectivity index (χ4v) is 1.85. The van der Waals surface area contributed by atoms with Crippen LogP contribution in [0.3, 0.4) is 0 Å². The van der Waals surface area contributed by atoms with E-state index in [9.17, 15) is 0 Å². The Kier molecular flexibility index (Phi) is 3.84. The predicted octanol–water partition coefficient (Wildman–Crippen LogP) is 2.77. The first-order valence-electron chi connectivity index (χ1n) is 6.07. The van der Waals surface area contributed by atoms with Crippen molar-refractivity contribution >= 4 is 0 Å². The topological polar surface area (TPSA) is 21.3 Å². The van der Waals surface area contributed by atoms with Gasteiger partial charge in [-0.1, -0.05) is 6.08 Å². The van der Waals surface area contributed by atoms with Gasteiger partial charge in [-0.05, 0) is 56.7 Å². The summed E-state index contributed by atoms with van der Waals surface area (Å²) >= 11 is 0. The Labute approximate surface area is 92.4 Å². The Morgan fingerprint density at radius 1 is 1.60 bits per heavy atom. The SMILES string of the molecule is CC(=CCCNC1CC1)C1=COCCC1. The lowest BCUT2D eigenvalue weighted by Gasteiger charge is -2.14. The van der Waals surface area contributed by atoms with Gasteiger partial charge in [0.15, 0.2) is 0 Å². The summed E-state index contributed by atoms with van der Waals surface area (Å²) in [5.41, 5.74) is 2.78. The maximum absolute atomic E-state index is 5.34. The Bertz CT molecular complexity index is 264. The van der Waals surface area contributed by atoms with Gasteiger partial charge in [0.25, 0.3) is 0 Å². The number of nitrogens with one attached hydrogen (secondary N) is 1. The van der Waals surface area contributed by atoms with Crippen LogP contribution in [-0.2, 0) is 4.74 Å². The van der Waals surface area contributed by atoms with Gasteiger partial charge >= 0.3 is 0 Å². The average Bonchev–Trinajstić information content (AvgIpc) is 3.09. The summed E-state index contributed by atoms with van der Waals surface area (Å²) in [6.45, 7) is 4.20. The van der Waals surface area contributed by atoms with E-state index in [0.717, 1.165) is 32.0 Å². The summed E-state index contributed by atoms with van der Waals surface area (Å²) < 4.78 is 5.34. The van der Waals surface area contributed by atoms with Crippen molar-refractivity contribution in [1.29, 1.82) is 0 Å². The van der Waals surface area contributed by atoms with Crippen molar-refractivity contribution < 1.29 is 4.74 Å². The Balaban J connectivity index is 1.70. The zero-order chi connectivity index (χ0) is 10.5. The van der Waals surface area contributed by atoms with E-state index in [-0.39, 0.29) is 0 Å². The van der Waals surface area contributed by atoms with Crippen LogP contribution in [0.1, 0.15) is 39.0 Å². The fraction of sp³-hybridized carbons (Fsp3) is 0.692. The molecule has 2 heteroatoms. The zero-order valence-electron chi connectivity index (χ0n) is 9.59. The van der Waals surface area contributed by atoms with Gasteiger partial charge in [0.2, 0.25) is 0 Å². The zero-order valence-corrected chi connectivity index (χ0v) is 9.59. The molecule has 0 aromatic rings. The van der Waals surface area contributed by atoms with E-state index >= 15 is 0 Å². The lowest BCUT2D eigenvalue weighted by molar-refractivity contribution is 0.226. The Morgan fingerprint density at radius 2 is 2.47 bits per heavy atom. The van der Waals surface area contributed by atoms with Crippen LogP contribution in [0.5, 0.6) is 0 Å². The van der Waals surface area contributed by atoms with Crippen LogP contribution in [-0.4, -0.2) is 19.2 Å². The van der Waals surface area contributed by atoms with E-state index in [2.05, 4.69) is 18.3 Å². The average molecular weight is 207 g/mol. The van der Waals surface area contributed by atoms with Crippen molar-refractivity contribution in [1.82, 2.24) is 5.32 Å². The highest BCUT2D eigenvalue weighted by Crippen LogP contribution is 2.20. The summed E-state index contributed by atoms with van der Waals surface area (Å²) in [6.07, 6.45) is 10.5. The van der Waals surface area contributed by atoms with E-state index < -0.39 is 0 Å². The number of allylic oxidation sites excluding steroid dienone is 2. The van der Waals surface area contributed by atoms with Crippen LogP contribution in [0, 0.1) is 0 Å². The molecular weight excluding hydrogens is 186 g/mol. The van der Waals surface area contributed by atoms with Gasteiger partial charge < -0.3 is 10.1 Å². The van der Waals surface area contributed by atoms with Crippen molar-refractivity contribution in [3.05, 3.63) is 23.5 Å². The molecule has 84 valence electrons. The third kappa shape index (κ3) is 3.71. The Hall–Kier alpha value is -0.760. The van der Waals surface area contributed by atoms with Gasteiger partial charge in [0.1, 0.15) is 0 Å². The second-order valence-electron chi connectivity index (χ2n) is 4.52. The first kappa shape index (κ1) is 10.7. The lowest BCUT2D eigenvalue weighted by atomic mass is 10.0. The van der Waals surface area contributed by atoms with Gasteiger partial charge in [0.05, 0.1) is 12.9 Å². The summed E-state index contributed by atoms with van der Waals surface area (Å²) in [5.74, 6) is 0. The minimum absolute atomic E-state index is 0.830. The fourth-order valence-electron chi connectivity index (χ4n) is 1.85. The smallest absolute Gasteiger partial charge is 0.0876 e. The van der Waals surface area contributed by atoms with E-state index in [1.165, 1.54) is 30.4 Å².